The molecule has 27 heavy (non-hydrogen) atoms. The van der Waals surface area contributed by atoms with Crippen LogP contribution >= 0.6 is 0 Å². The fourth-order valence-corrected chi connectivity index (χ4v) is 3.50. The molecule has 0 spiro atoms. The third-order valence-electron chi connectivity index (χ3n) is 3.73. The molecule has 2 aromatic rings. The van der Waals surface area contributed by atoms with E-state index in [2.05, 4.69) is 15.4 Å². The minimum Gasteiger partial charge on any atom is -0.350 e. The first kappa shape index (κ1) is 20.4. The Balaban J connectivity index is 1.89. The fraction of sp³-hybridized carbons (Fsp3) is 0.263. The second kappa shape index (κ2) is 9.18. The first-order chi connectivity index (χ1) is 12.7. The average Bonchev–Trinajstić information content (AvgIpc) is 2.60. The van der Waals surface area contributed by atoms with Crippen molar-refractivity contribution in [1.29, 1.82) is 0 Å². The number of benzene rings is 2. The Morgan fingerprint density at radius 1 is 1.00 bits per heavy atom. The van der Waals surface area contributed by atoms with Crippen molar-refractivity contribution in [3.8, 4) is 0 Å². The van der Waals surface area contributed by atoms with Crippen molar-refractivity contribution >= 4 is 33.2 Å². The summed E-state index contributed by atoms with van der Waals surface area (Å²) in [5, 5.41) is 5.37. The van der Waals surface area contributed by atoms with Crippen molar-refractivity contribution in [2.45, 2.75) is 26.3 Å². The van der Waals surface area contributed by atoms with Crippen molar-refractivity contribution in [3.63, 3.8) is 0 Å². The lowest BCUT2D eigenvalue weighted by Crippen LogP contribution is -2.29. The minimum absolute atomic E-state index is 0.155. The van der Waals surface area contributed by atoms with Gasteiger partial charge in [-0.3, -0.25) is 14.3 Å². The van der Waals surface area contributed by atoms with E-state index in [1.807, 2.05) is 37.3 Å². The van der Waals surface area contributed by atoms with E-state index in [0.717, 1.165) is 5.56 Å². The topological polar surface area (TPSA) is 104 Å². The van der Waals surface area contributed by atoms with Crippen LogP contribution in [0.3, 0.4) is 0 Å². The normalized spacial score (nSPS) is 12.1. The molecule has 0 aliphatic carbocycles. The molecule has 0 heterocycles. The van der Waals surface area contributed by atoms with Crippen LogP contribution in [-0.2, 0) is 19.6 Å². The van der Waals surface area contributed by atoms with Gasteiger partial charge in [0.2, 0.25) is 21.8 Å². The van der Waals surface area contributed by atoms with Crippen LogP contribution in [0.1, 0.15) is 31.9 Å². The standard InChI is InChI=1S/C19H23N3O4S/c1-14(16-7-4-3-5-8-16)20-19(24)11-12-27(25,26)22-18-10-6-9-17(13-18)21-15(2)23/h3-10,13-14,22H,11-12H2,1-2H3,(H,20,24)(H,21,23). The molecule has 0 bridgehead atoms. The summed E-state index contributed by atoms with van der Waals surface area (Å²) >= 11 is 0. The summed E-state index contributed by atoms with van der Waals surface area (Å²) < 4.78 is 26.8. The van der Waals surface area contributed by atoms with Gasteiger partial charge in [-0.1, -0.05) is 36.4 Å². The first-order valence-corrected chi connectivity index (χ1v) is 10.1. The summed E-state index contributed by atoms with van der Waals surface area (Å²) in [6, 6.07) is 15.6. The molecule has 0 aromatic heterocycles. The summed E-state index contributed by atoms with van der Waals surface area (Å²) in [7, 11) is -3.70. The summed E-state index contributed by atoms with van der Waals surface area (Å²) in [5.74, 6) is -0.937. The average molecular weight is 389 g/mol. The van der Waals surface area contributed by atoms with Crippen LogP contribution in [0.5, 0.6) is 0 Å². The van der Waals surface area contributed by atoms with Crippen LogP contribution in [-0.4, -0.2) is 26.0 Å². The van der Waals surface area contributed by atoms with Crippen LogP contribution in [0.4, 0.5) is 11.4 Å². The summed E-state index contributed by atoms with van der Waals surface area (Å²) in [4.78, 5) is 23.1. The van der Waals surface area contributed by atoms with Gasteiger partial charge in [-0.25, -0.2) is 8.42 Å². The van der Waals surface area contributed by atoms with Crippen molar-refractivity contribution in [1.82, 2.24) is 5.32 Å². The maximum atomic E-state index is 12.2. The monoisotopic (exact) mass is 389 g/mol. The first-order valence-electron chi connectivity index (χ1n) is 8.47. The zero-order valence-electron chi connectivity index (χ0n) is 15.2. The highest BCUT2D eigenvalue weighted by Gasteiger charge is 2.15. The number of hydrogen-bond donors (Lipinski definition) is 3. The predicted octanol–water partition coefficient (Wildman–Crippen LogP) is 2.65. The highest BCUT2D eigenvalue weighted by atomic mass is 32.2. The molecule has 0 aliphatic heterocycles. The Morgan fingerprint density at radius 2 is 1.67 bits per heavy atom. The van der Waals surface area contributed by atoms with Gasteiger partial charge in [0.15, 0.2) is 0 Å². The molecule has 0 radical (unpaired) electrons. The molecule has 3 N–H and O–H groups in total. The van der Waals surface area contributed by atoms with E-state index in [-0.39, 0.29) is 30.0 Å². The molecular weight excluding hydrogens is 366 g/mol. The van der Waals surface area contributed by atoms with Crippen LogP contribution in [0.25, 0.3) is 0 Å². The van der Waals surface area contributed by atoms with Gasteiger partial charge in [-0.15, -0.1) is 0 Å². The zero-order valence-corrected chi connectivity index (χ0v) is 16.0. The molecule has 2 aromatic carbocycles. The zero-order chi connectivity index (χ0) is 19.9. The van der Waals surface area contributed by atoms with E-state index in [1.54, 1.807) is 18.2 Å². The number of carbonyl (C=O) groups is 2. The van der Waals surface area contributed by atoms with Gasteiger partial charge in [0.1, 0.15) is 0 Å². The third-order valence-corrected chi connectivity index (χ3v) is 5.02. The summed E-state index contributed by atoms with van der Waals surface area (Å²) in [6.07, 6.45) is -0.155. The smallest absolute Gasteiger partial charge is 0.233 e. The van der Waals surface area contributed by atoms with E-state index < -0.39 is 10.0 Å². The van der Waals surface area contributed by atoms with Gasteiger partial charge < -0.3 is 10.6 Å². The second-order valence-electron chi connectivity index (χ2n) is 6.13. The van der Waals surface area contributed by atoms with Gasteiger partial charge in [-0.2, -0.15) is 0 Å². The molecule has 144 valence electrons. The quantitative estimate of drug-likeness (QED) is 0.645. The number of nitrogens with one attached hydrogen (secondary N) is 3. The fourth-order valence-electron chi connectivity index (χ4n) is 2.46. The molecule has 0 saturated carbocycles. The third kappa shape index (κ3) is 7.10. The Labute approximate surface area is 159 Å². The van der Waals surface area contributed by atoms with Crippen LogP contribution in [0, 0.1) is 0 Å². The lowest BCUT2D eigenvalue weighted by Gasteiger charge is -2.14. The summed E-state index contributed by atoms with van der Waals surface area (Å²) in [6.45, 7) is 3.21. The predicted molar refractivity (Wildman–Crippen MR) is 106 cm³/mol. The minimum atomic E-state index is -3.70. The van der Waals surface area contributed by atoms with Gasteiger partial charge in [-0.05, 0) is 30.7 Å². The number of carbonyl (C=O) groups excluding carboxylic acids is 2. The van der Waals surface area contributed by atoms with Gasteiger partial charge in [0, 0.05) is 19.0 Å². The van der Waals surface area contributed by atoms with E-state index in [0.29, 0.717) is 11.4 Å². The Morgan fingerprint density at radius 3 is 2.33 bits per heavy atom. The van der Waals surface area contributed by atoms with Crippen molar-refractivity contribution in [2.75, 3.05) is 15.8 Å². The molecule has 8 heteroatoms. The molecule has 0 saturated heterocycles. The molecule has 1 unspecified atom stereocenters. The summed E-state index contributed by atoms with van der Waals surface area (Å²) in [5.41, 5.74) is 1.75. The van der Waals surface area contributed by atoms with E-state index in [1.165, 1.54) is 13.0 Å². The molecule has 7 nitrogen and oxygen atoms in total. The highest BCUT2D eigenvalue weighted by molar-refractivity contribution is 7.92. The molecule has 1 atom stereocenters. The molecule has 0 aliphatic rings. The largest absolute Gasteiger partial charge is 0.350 e. The van der Waals surface area contributed by atoms with Crippen LogP contribution in [0.2, 0.25) is 0 Å². The molecule has 2 rings (SSSR count). The molecule has 0 fully saturated rings. The van der Waals surface area contributed by atoms with Gasteiger partial charge in [0.25, 0.3) is 0 Å². The Hall–Kier alpha value is -2.87. The Kier molecular flexibility index (Phi) is 6.95. The second-order valence-corrected chi connectivity index (χ2v) is 7.97. The maximum absolute atomic E-state index is 12.2. The van der Waals surface area contributed by atoms with Crippen LogP contribution in [0.15, 0.2) is 54.6 Å². The Bertz CT molecular complexity index is 898. The number of amides is 2. The van der Waals surface area contributed by atoms with E-state index in [9.17, 15) is 18.0 Å². The lowest BCUT2D eigenvalue weighted by atomic mass is 10.1. The number of anilines is 2. The number of hydrogen-bond acceptors (Lipinski definition) is 4. The van der Waals surface area contributed by atoms with E-state index in [4.69, 9.17) is 0 Å². The molecule has 2 amide bonds. The molecular formula is C19H23N3O4S. The van der Waals surface area contributed by atoms with Gasteiger partial charge >= 0.3 is 0 Å². The van der Waals surface area contributed by atoms with Crippen molar-refractivity contribution in [2.24, 2.45) is 0 Å². The van der Waals surface area contributed by atoms with Crippen molar-refractivity contribution in [3.05, 3.63) is 60.2 Å². The highest BCUT2D eigenvalue weighted by Crippen LogP contribution is 2.17. The SMILES string of the molecule is CC(=O)Nc1cccc(NS(=O)(=O)CCC(=O)NC(C)c2ccccc2)c1. The van der Waals surface area contributed by atoms with Crippen LogP contribution < -0.4 is 15.4 Å². The van der Waals surface area contributed by atoms with E-state index >= 15 is 0 Å². The maximum Gasteiger partial charge on any atom is 0.233 e. The van der Waals surface area contributed by atoms with Crippen molar-refractivity contribution < 1.29 is 18.0 Å². The van der Waals surface area contributed by atoms with Gasteiger partial charge in [0.05, 0.1) is 17.5 Å². The lowest BCUT2D eigenvalue weighted by molar-refractivity contribution is -0.121. The number of sulfonamides is 1. The number of rotatable bonds is 8.